The number of methoxy groups -OCH3 is 1. The molecule has 3 rings (SSSR count). The highest BCUT2D eigenvalue weighted by molar-refractivity contribution is 6.02. The second-order valence-electron chi connectivity index (χ2n) is 5.88. The lowest BCUT2D eigenvalue weighted by Crippen LogP contribution is -2.33. The highest BCUT2D eigenvalue weighted by Gasteiger charge is 2.19. The Morgan fingerprint density at radius 3 is 2.43 bits per heavy atom. The largest absolute Gasteiger partial charge is 0.497 e. The van der Waals surface area contributed by atoms with Gasteiger partial charge in [0.25, 0.3) is 5.56 Å². The Hall–Kier alpha value is -3.81. The van der Waals surface area contributed by atoms with Crippen LogP contribution in [0.5, 0.6) is 11.6 Å². The van der Waals surface area contributed by atoms with Crippen molar-refractivity contribution in [3.05, 3.63) is 81.0 Å². The number of aromatic hydroxyl groups is 1. The van der Waals surface area contributed by atoms with Crippen LogP contribution in [-0.2, 0) is 0 Å². The maximum Gasteiger partial charge on any atom is 0.335 e. The van der Waals surface area contributed by atoms with Crippen molar-refractivity contribution in [1.29, 1.82) is 0 Å². The first-order chi connectivity index (χ1) is 13.5. The Balaban J connectivity index is 2.09. The highest BCUT2D eigenvalue weighted by Crippen LogP contribution is 2.20. The van der Waals surface area contributed by atoms with Crippen molar-refractivity contribution in [2.45, 2.75) is 13.3 Å². The van der Waals surface area contributed by atoms with Gasteiger partial charge in [-0.15, -0.1) is 0 Å². The van der Waals surface area contributed by atoms with Crippen molar-refractivity contribution >= 4 is 11.4 Å². The van der Waals surface area contributed by atoms with Crippen LogP contribution in [-0.4, -0.2) is 27.5 Å². The summed E-state index contributed by atoms with van der Waals surface area (Å²) < 4.78 is 6.12. The number of nitrogens with one attached hydrogen (secondary N) is 2. The molecule has 0 aliphatic carbocycles. The zero-order valence-corrected chi connectivity index (χ0v) is 15.5. The van der Waals surface area contributed by atoms with E-state index in [-0.39, 0.29) is 5.56 Å². The monoisotopic (exact) mass is 380 g/mol. The number of benzene rings is 2. The molecule has 8 heteroatoms. The van der Waals surface area contributed by atoms with E-state index in [1.807, 2.05) is 30.3 Å². The van der Waals surface area contributed by atoms with E-state index in [0.29, 0.717) is 23.6 Å². The third-order valence-electron chi connectivity index (χ3n) is 4.13. The number of H-pyrrole nitrogens is 1. The predicted octanol–water partition coefficient (Wildman–Crippen LogP) is 2.47. The predicted molar refractivity (Wildman–Crippen MR) is 108 cm³/mol. The molecule has 3 aromatic rings. The first kappa shape index (κ1) is 19.0. The van der Waals surface area contributed by atoms with E-state index < -0.39 is 17.1 Å². The maximum atomic E-state index is 12.4. The molecule has 0 amide bonds. The summed E-state index contributed by atoms with van der Waals surface area (Å²) in [5.74, 6) is 0.123. The maximum absolute atomic E-state index is 12.4. The van der Waals surface area contributed by atoms with Gasteiger partial charge in [0, 0.05) is 0 Å². The van der Waals surface area contributed by atoms with E-state index in [4.69, 9.17) is 4.74 Å². The SMILES string of the molecule is CC/C(=N/Nc1ccccc1)c1c(O)n(-c2ccc(OC)cc2)c(=O)[nH]c1=O. The van der Waals surface area contributed by atoms with Crippen LogP contribution in [0.1, 0.15) is 18.9 Å². The van der Waals surface area contributed by atoms with Gasteiger partial charge in [-0.1, -0.05) is 25.1 Å². The van der Waals surface area contributed by atoms with Crippen LogP contribution >= 0.6 is 0 Å². The number of nitrogens with zero attached hydrogens (tertiary/aromatic N) is 2. The molecule has 3 N–H and O–H groups in total. The molecule has 0 unspecified atom stereocenters. The molecule has 0 bridgehead atoms. The van der Waals surface area contributed by atoms with Gasteiger partial charge in [-0.3, -0.25) is 15.2 Å². The average molecular weight is 380 g/mol. The number of aromatic amines is 1. The zero-order valence-electron chi connectivity index (χ0n) is 15.5. The number of rotatable bonds is 6. The molecule has 0 radical (unpaired) electrons. The van der Waals surface area contributed by atoms with Crippen molar-refractivity contribution in [3.63, 3.8) is 0 Å². The fourth-order valence-electron chi connectivity index (χ4n) is 2.71. The van der Waals surface area contributed by atoms with Crippen LogP contribution in [0.2, 0.25) is 0 Å². The van der Waals surface area contributed by atoms with Crippen molar-refractivity contribution in [3.8, 4) is 17.3 Å². The molecule has 2 aromatic carbocycles. The summed E-state index contributed by atoms with van der Waals surface area (Å²) in [6.07, 6.45) is 0.358. The lowest BCUT2D eigenvalue weighted by molar-refractivity contribution is 0.414. The fourth-order valence-corrected chi connectivity index (χ4v) is 2.71. The normalized spacial score (nSPS) is 11.3. The number of para-hydroxylation sites is 1. The van der Waals surface area contributed by atoms with E-state index in [1.165, 1.54) is 7.11 Å². The molecule has 0 aliphatic rings. The van der Waals surface area contributed by atoms with Crippen molar-refractivity contribution in [2.75, 3.05) is 12.5 Å². The fraction of sp³-hybridized carbons (Fsp3) is 0.150. The zero-order chi connectivity index (χ0) is 20.1. The molecular formula is C20H20N4O4. The second-order valence-corrected chi connectivity index (χ2v) is 5.88. The summed E-state index contributed by atoms with van der Waals surface area (Å²) in [4.78, 5) is 27.0. The summed E-state index contributed by atoms with van der Waals surface area (Å²) in [7, 11) is 1.53. The summed E-state index contributed by atoms with van der Waals surface area (Å²) >= 11 is 0. The summed E-state index contributed by atoms with van der Waals surface area (Å²) in [5.41, 5.74) is 2.76. The number of anilines is 1. The smallest absolute Gasteiger partial charge is 0.335 e. The number of hydrazone groups is 1. The van der Waals surface area contributed by atoms with Gasteiger partial charge >= 0.3 is 5.69 Å². The molecule has 0 saturated heterocycles. The molecule has 0 fully saturated rings. The van der Waals surface area contributed by atoms with Gasteiger partial charge in [-0.2, -0.15) is 5.10 Å². The minimum atomic E-state index is -0.747. The van der Waals surface area contributed by atoms with Gasteiger partial charge in [0.2, 0.25) is 5.88 Å². The van der Waals surface area contributed by atoms with Crippen molar-refractivity contribution < 1.29 is 9.84 Å². The Bertz CT molecular complexity index is 1100. The summed E-state index contributed by atoms with van der Waals surface area (Å²) in [5, 5.41) is 15.0. The van der Waals surface area contributed by atoms with E-state index >= 15 is 0 Å². The summed E-state index contributed by atoms with van der Waals surface area (Å²) in [6.45, 7) is 1.80. The molecule has 0 aliphatic heterocycles. The van der Waals surface area contributed by atoms with E-state index in [1.54, 1.807) is 31.2 Å². The lowest BCUT2D eigenvalue weighted by atomic mass is 10.1. The molecule has 144 valence electrons. The van der Waals surface area contributed by atoms with Crippen LogP contribution in [0.4, 0.5) is 5.69 Å². The quantitative estimate of drug-likeness (QED) is 0.450. The minimum Gasteiger partial charge on any atom is -0.497 e. The van der Waals surface area contributed by atoms with E-state index in [2.05, 4.69) is 15.5 Å². The lowest BCUT2D eigenvalue weighted by Gasteiger charge is -2.13. The average Bonchev–Trinajstić information content (AvgIpc) is 2.71. The molecule has 0 atom stereocenters. The number of aromatic nitrogens is 2. The Morgan fingerprint density at radius 1 is 1.14 bits per heavy atom. The van der Waals surface area contributed by atoms with Gasteiger partial charge in [0.1, 0.15) is 11.3 Å². The van der Waals surface area contributed by atoms with Gasteiger partial charge in [-0.05, 0) is 42.8 Å². The standard InChI is InChI=1S/C20H20N4O4/c1-3-16(23-22-13-7-5-4-6-8-13)17-18(25)21-20(27)24(19(17)26)14-9-11-15(28-2)12-10-14/h4-12,22,26H,3H2,1-2H3,(H,21,25,27)/b23-16-. The number of hydrogen-bond acceptors (Lipinski definition) is 6. The second kappa shape index (κ2) is 8.26. The first-order valence-electron chi connectivity index (χ1n) is 8.65. The van der Waals surface area contributed by atoms with E-state index in [9.17, 15) is 14.7 Å². The Morgan fingerprint density at radius 2 is 1.82 bits per heavy atom. The molecular weight excluding hydrogens is 360 g/mol. The van der Waals surface area contributed by atoms with E-state index in [0.717, 1.165) is 10.3 Å². The van der Waals surface area contributed by atoms with Crippen LogP contribution < -0.4 is 21.4 Å². The number of ether oxygens (including phenoxy) is 1. The van der Waals surface area contributed by atoms with Crippen LogP contribution in [0, 0.1) is 0 Å². The minimum absolute atomic E-state index is 0.0682. The molecule has 28 heavy (non-hydrogen) atoms. The summed E-state index contributed by atoms with van der Waals surface area (Å²) in [6, 6.07) is 15.7. The molecule has 0 saturated carbocycles. The Kier molecular flexibility index (Phi) is 5.59. The van der Waals surface area contributed by atoms with Gasteiger partial charge in [-0.25, -0.2) is 9.36 Å². The first-order valence-corrected chi connectivity index (χ1v) is 8.65. The van der Waals surface area contributed by atoms with Crippen LogP contribution in [0.3, 0.4) is 0 Å². The van der Waals surface area contributed by atoms with Gasteiger partial charge in [0.05, 0.1) is 24.2 Å². The topological polar surface area (TPSA) is 109 Å². The third kappa shape index (κ3) is 3.80. The van der Waals surface area contributed by atoms with Gasteiger partial charge in [0.15, 0.2) is 0 Å². The third-order valence-corrected chi connectivity index (χ3v) is 4.13. The van der Waals surface area contributed by atoms with Gasteiger partial charge < -0.3 is 9.84 Å². The molecule has 1 aromatic heterocycles. The van der Waals surface area contributed by atoms with Crippen LogP contribution in [0.15, 0.2) is 69.3 Å². The van der Waals surface area contributed by atoms with Crippen LogP contribution in [0.25, 0.3) is 5.69 Å². The molecule has 0 spiro atoms. The highest BCUT2D eigenvalue weighted by atomic mass is 16.5. The molecule has 8 nitrogen and oxygen atoms in total. The Labute approximate surface area is 160 Å². The van der Waals surface area contributed by atoms with Crippen molar-refractivity contribution in [1.82, 2.24) is 9.55 Å². The number of hydrogen-bond donors (Lipinski definition) is 3. The van der Waals surface area contributed by atoms with Crippen molar-refractivity contribution in [2.24, 2.45) is 5.10 Å². The molecule has 1 heterocycles.